The Labute approximate surface area is 179 Å². The van der Waals surface area contributed by atoms with Crippen molar-refractivity contribution in [1.82, 2.24) is 9.88 Å². The van der Waals surface area contributed by atoms with E-state index in [4.69, 9.17) is 14.2 Å². The number of ether oxygens (including phenoxy) is 3. The number of nitrogens with one attached hydrogen (secondary N) is 1. The van der Waals surface area contributed by atoms with Crippen LogP contribution < -0.4 is 14.8 Å². The topological polar surface area (TPSA) is 90.0 Å². The second-order valence-corrected chi connectivity index (χ2v) is 8.04. The number of hydrogen-bond donors (Lipinski definition) is 1. The molecule has 1 N–H and O–H groups in total. The van der Waals surface area contributed by atoms with Gasteiger partial charge in [-0.1, -0.05) is 12.2 Å². The smallest absolute Gasteiger partial charge is 0.231 e. The molecule has 1 aromatic heterocycles. The van der Waals surface area contributed by atoms with Crippen LogP contribution in [0.5, 0.6) is 11.5 Å². The Morgan fingerprint density at radius 1 is 1.23 bits per heavy atom. The third kappa shape index (κ3) is 3.23. The van der Waals surface area contributed by atoms with Gasteiger partial charge in [0.15, 0.2) is 0 Å². The second-order valence-electron chi connectivity index (χ2n) is 8.04. The van der Waals surface area contributed by atoms with Crippen molar-refractivity contribution in [3.8, 4) is 11.5 Å². The van der Waals surface area contributed by atoms with Crippen molar-refractivity contribution in [2.45, 2.75) is 18.2 Å². The fraction of sp³-hybridized carbons (Fsp3) is 0.348. The van der Waals surface area contributed by atoms with E-state index in [2.05, 4.69) is 10.3 Å². The Kier molecular flexibility index (Phi) is 4.66. The van der Waals surface area contributed by atoms with Crippen LogP contribution in [0.15, 0.2) is 54.9 Å². The van der Waals surface area contributed by atoms with Gasteiger partial charge >= 0.3 is 0 Å². The molecule has 8 heteroatoms. The lowest BCUT2D eigenvalue weighted by Crippen LogP contribution is -2.41. The first-order valence-corrected chi connectivity index (χ1v) is 10.1. The predicted molar refractivity (Wildman–Crippen MR) is 112 cm³/mol. The lowest BCUT2D eigenvalue weighted by Gasteiger charge is -2.23. The monoisotopic (exact) mass is 421 g/mol. The maximum atomic E-state index is 13.3. The number of amides is 2. The molecule has 0 radical (unpaired) electrons. The summed E-state index contributed by atoms with van der Waals surface area (Å²) in [5.41, 5.74) is 0.784. The van der Waals surface area contributed by atoms with Crippen molar-refractivity contribution in [3.63, 3.8) is 0 Å². The highest BCUT2D eigenvalue weighted by molar-refractivity contribution is 5.99. The first-order valence-electron chi connectivity index (χ1n) is 10.1. The van der Waals surface area contributed by atoms with Crippen LogP contribution in [0.1, 0.15) is 5.56 Å². The number of nitrogens with zero attached hydrogens (tertiary/aromatic N) is 2. The zero-order valence-corrected chi connectivity index (χ0v) is 17.3. The lowest BCUT2D eigenvalue weighted by atomic mass is 9.77. The van der Waals surface area contributed by atoms with E-state index in [0.717, 1.165) is 5.56 Å². The van der Waals surface area contributed by atoms with E-state index in [0.29, 0.717) is 30.3 Å². The number of hydrogen-bond acceptors (Lipinski definition) is 6. The molecule has 1 aromatic carbocycles. The predicted octanol–water partition coefficient (Wildman–Crippen LogP) is 2.02. The highest BCUT2D eigenvalue weighted by atomic mass is 16.5. The summed E-state index contributed by atoms with van der Waals surface area (Å²) in [6.07, 6.45) is 6.84. The van der Waals surface area contributed by atoms with Crippen LogP contribution in [0.2, 0.25) is 0 Å². The molecule has 0 aliphatic carbocycles. The number of fused-ring (bicyclic) bond motifs is 1. The van der Waals surface area contributed by atoms with Gasteiger partial charge in [0.05, 0.1) is 38.7 Å². The van der Waals surface area contributed by atoms with Crippen LogP contribution in [0.25, 0.3) is 0 Å². The summed E-state index contributed by atoms with van der Waals surface area (Å²) < 4.78 is 16.7. The molecule has 2 aromatic rings. The van der Waals surface area contributed by atoms with Crippen LogP contribution in [0.3, 0.4) is 0 Å². The molecule has 3 aliphatic rings. The zero-order valence-electron chi connectivity index (χ0n) is 17.3. The van der Waals surface area contributed by atoms with Gasteiger partial charge < -0.3 is 24.4 Å². The highest BCUT2D eigenvalue weighted by Gasteiger charge is 2.66. The van der Waals surface area contributed by atoms with Crippen molar-refractivity contribution in [2.24, 2.45) is 11.8 Å². The van der Waals surface area contributed by atoms with Crippen LogP contribution in [0.4, 0.5) is 5.69 Å². The van der Waals surface area contributed by atoms with Crippen molar-refractivity contribution in [2.75, 3.05) is 26.1 Å². The fourth-order valence-corrected chi connectivity index (χ4v) is 4.83. The molecule has 0 unspecified atom stereocenters. The Balaban J connectivity index is 1.38. The van der Waals surface area contributed by atoms with Crippen LogP contribution in [0, 0.1) is 11.8 Å². The molecule has 4 atom stereocenters. The van der Waals surface area contributed by atoms with Gasteiger partial charge in [-0.05, 0) is 17.7 Å². The number of aromatic nitrogens is 1. The summed E-state index contributed by atoms with van der Waals surface area (Å²) in [4.78, 5) is 32.4. The summed E-state index contributed by atoms with van der Waals surface area (Å²) in [7, 11) is 3.10. The number of methoxy groups -OCH3 is 2. The molecule has 2 amide bonds. The van der Waals surface area contributed by atoms with Crippen LogP contribution >= 0.6 is 0 Å². The molecule has 2 fully saturated rings. The average molecular weight is 421 g/mol. The normalized spacial score (nSPS) is 28.0. The minimum Gasteiger partial charge on any atom is -0.497 e. The van der Waals surface area contributed by atoms with Gasteiger partial charge in [-0.2, -0.15) is 0 Å². The maximum Gasteiger partial charge on any atom is 0.231 e. The number of benzene rings is 1. The molecule has 31 heavy (non-hydrogen) atoms. The summed E-state index contributed by atoms with van der Waals surface area (Å²) in [6, 6.07) is 8.92. The molecule has 3 aliphatic heterocycles. The third-order valence-electron chi connectivity index (χ3n) is 6.22. The minimum atomic E-state index is -0.747. The Hall–Kier alpha value is -3.39. The molecule has 4 heterocycles. The molecule has 160 valence electrons. The fourth-order valence-electron chi connectivity index (χ4n) is 4.83. The maximum absolute atomic E-state index is 13.3. The van der Waals surface area contributed by atoms with Gasteiger partial charge in [0.1, 0.15) is 17.1 Å². The van der Waals surface area contributed by atoms with E-state index in [9.17, 15) is 9.59 Å². The quantitative estimate of drug-likeness (QED) is 0.718. The van der Waals surface area contributed by atoms with Crippen LogP contribution in [-0.2, 0) is 20.9 Å². The molecular weight excluding hydrogens is 398 g/mol. The Morgan fingerprint density at radius 2 is 1.94 bits per heavy atom. The van der Waals surface area contributed by atoms with Crippen molar-refractivity contribution >= 4 is 17.5 Å². The summed E-state index contributed by atoms with van der Waals surface area (Å²) in [5.74, 6) is -0.331. The lowest BCUT2D eigenvalue weighted by molar-refractivity contribution is -0.136. The van der Waals surface area contributed by atoms with Gasteiger partial charge in [-0.3, -0.25) is 14.6 Å². The largest absolute Gasteiger partial charge is 0.497 e. The summed E-state index contributed by atoms with van der Waals surface area (Å²) in [5, 5.41) is 2.92. The second kappa shape index (κ2) is 7.39. The van der Waals surface area contributed by atoms with E-state index in [1.54, 1.807) is 49.7 Å². The van der Waals surface area contributed by atoms with Crippen molar-refractivity contribution < 1.29 is 23.8 Å². The highest BCUT2D eigenvalue weighted by Crippen LogP contribution is 2.52. The van der Waals surface area contributed by atoms with Gasteiger partial charge in [-0.25, -0.2) is 0 Å². The first kappa shape index (κ1) is 19.6. The molecule has 8 nitrogen and oxygen atoms in total. The summed E-state index contributed by atoms with van der Waals surface area (Å²) in [6.45, 7) is 0.894. The van der Waals surface area contributed by atoms with Gasteiger partial charge in [0.25, 0.3) is 0 Å². The van der Waals surface area contributed by atoms with E-state index in [1.165, 1.54) is 0 Å². The standard InChI is InChI=1S/C23H23N3O5/c1-29-16-9-15(10-17(11-16)30-2)25-21(27)19-18-3-6-23(31-18)13-26(22(28)20(19)23)12-14-4-7-24-8-5-14/h3-11,18-20H,12-13H2,1-2H3,(H,25,27)/t18-,19-,20-,23-/m0/s1. The Bertz CT molecular complexity index is 1030. The van der Waals surface area contributed by atoms with E-state index < -0.39 is 23.5 Å². The first-order chi connectivity index (χ1) is 15.0. The zero-order chi connectivity index (χ0) is 21.6. The van der Waals surface area contributed by atoms with Gasteiger partial charge in [-0.15, -0.1) is 0 Å². The van der Waals surface area contributed by atoms with E-state index in [-0.39, 0.29) is 11.8 Å². The third-order valence-corrected chi connectivity index (χ3v) is 6.22. The number of rotatable bonds is 6. The number of likely N-dealkylation sites (tertiary alicyclic amines) is 1. The van der Waals surface area contributed by atoms with Crippen LogP contribution in [-0.4, -0.2) is 54.2 Å². The van der Waals surface area contributed by atoms with E-state index in [1.807, 2.05) is 24.3 Å². The minimum absolute atomic E-state index is 0.0629. The van der Waals surface area contributed by atoms with Gasteiger partial charge in [0, 0.05) is 42.8 Å². The van der Waals surface area contributed by atoms with Crippen molar-refractivity contribution in [1.29, 1.82) is 0 Å². The molecule has 1 spiro atoms. The molecule has 2 bridgehead atoms. The SMILES string of the molecule is COc1cc(NC(=O)[C@H]2[C@@H]3C=C[C@@]4(CN(Cc5ccncc5)C(=O)[C@H]24)O3)cc(OC)c1. The number of carbonyl (C=O) groups is 2. The van der Waals surface area contributed by atoms with Crippen molar-refractivity contribution in [3.05, 3.63) is 60.4 Å². The molecular formula is C23H23N3O5. The number of pyridine rings is 1. The molecule has 5 rings (SSSR count). The van der Waals surface area contributed by atoms with E-state index >= 15 is 0 Å². The summed E-state index contributed by atoms with van der Waals surface area (Å²) >= 11 is 0. The average Bonchev–Trinajstić information content (AvgIpc) is 3.42. The molecule has 2 saturated heterocycles. The Morgan fingerprint density at radius 3 is 2.61 bits per heavy atom. The molecule has 0 saturated carbocycles. The van der Waals surface area contributed by atoms with Gasteiger partial charge in [0.2, 0.25) is 11.8 Å². The number of anilines is 1. The number of carbonyl (C=O) groups excluding carboxylic acids is 2.